The molecule has 3 aromatic carbocycles. The van der Waals surface area contributed by atoms with Crippen molar-refractivity contribution in [2.45, 2.75) is 13.8 Å². The quantitative estimate of drug-likeness (QED) is 0.579. The minimum atomic E-state index is -0.475. The standard InChI is InChI=1S/C25H21FN2O3/c1-3-31-20-14-12-19(13-15-20)28-24(29)22(17-8-10-18(26)11-9-17)23(25(28)30)27-21-7-5-4-6-16(21)2/h4-15,27H,3H2,1-2H3. The second-order valence-corrected chi connectivity index (χ2v) is 7.07. The number of anilines is 2. The number of hydrogen-bond donors (Lipinski definition) is 1. The summed E-state index contributed by atoms with van der Waals surface area (Å²) in [5, 5.41) is 3.13. The normalized spacial score (nSPS) is 13.7. The van der Waals surface area contributed by atoms with Gasteiger partial charge in [0.1, 0.15) is 17.3 Å². The number of nitrogens with one attached hydrogen (secondary N) is 1. The first-order chi connectivity index (χ1) is 15.0. The van der Waals surface area contributed by atoms with Crippen LogP contribution in [0.2, 0.25) is 0 Å². The minimum absolute atomic E-state index is 0.153. The van der Waals surface area contributed by atoms with Gasteiger partial charge >= 0.3 is 0 Å². The number of benzene rings is 3. The van der Waals surface area contributed by atoms with E-state index in [-0.39, 0.29) is 11.3 Å². The van der Waals surface area contributed by atoms with Crippen molar-refractivity contribution in [3.05, 3.63) is 95.4 Å². The summed E-state index contributed by atoms with van der Waals surface area (Å²) in [7, 11) is 0. The van der Waals surface area contributed by atoms with Crippen LogP contribution >= 0.6 is 0 Å². The molecule has 31 heavy (non-hydrogen) atoms. The van der Waals surface area contributed by atoms with Crippen molar-refractivity contribution in [1.82, 2.24) is 0 Å². The fraction of sp³-hybridized carbons (Fsp3) is 0.120. The van der Waals surface area contributed by atoms with Gasteiger partial charge in [-0.25, -0.2) is 9.29 Å². The zero-order valence-electron chi connectivity index (χ0n) is 17.2. The number of para-hydroxylation sites is 1. The lowest BCUT2D eigenvalue weighted by atomic mass is 10.0. The molecule has 2 amide bonds. The lowest BCUT2D eigenvalue weighted by Gasteiger charge is -2.16. The highest BCUT2D eigenvalue weighted by atomic mass is 19.1. The molecule has 0 atom stereocenters. The van der Waals surface area contributed by atoms with Gasteiger partial charge in [-0.1, -0.05) is 30.3 Å². The van der Waals surface area contributed by atoms with Crippen molar-refractivity contribution in [2.75, 3.05) is 16.8 Å². The smallest absolute Gasteiger partial charge is 0.282 e. The highest BCUT2D eigenvalue weighted by molar-refractivity contribution is 6.46. The second kappa shape index (κ2) is 8.44. The van der Waals surface area contributed by atoms with Crippen molar-refractivity contribution in [3.8, 4) is 5.75 Å². The number of halogens is 1. The molecule has 4 rings (SSSR count). The molecule has 156 valence electrons. The number of aryl methyl sites for hydroxylation is 1. The van der Waals surface area contributed by atoms with Crippen molar-refractivity contribution in [1.29, 1.82) is 0 Å². The van der Waals surface area contributed by atoms with Gasteiger partial charge in [0.2, 0.25) is 0 Å². The van der Waals surface area contributed by atoms with E-state index in [0.29, 0.717) is 29.3 Å². The summed E-state index contributed by atoms with van der Waals surface area (Å²) in [6, 6.07) is 19.8. The highest BCUT2D eigenvalue weighted by Gasteiger charge is 2.40. The molecule has 0 aliphatic carbocycles. The van der Waals surface area contributed by atoms with Crippen LogP contribution in [0.4, 0.5) is 15.8 Å². The number of rotatable bonds is 6. The van der Waals surface area contributed by atoms with Gasteiger partial charge < -0.3 is 10.1 Å². The number of amides is 2. The molecule has 0 saturated carbocycles. The fourth-order valence-electron chi connectivity index (χ4n) is 3.47. The molecule has 1 N–H and O–H groups in total. The molecule has 0 unspecified atom stereocenters. The number of carbonyl (C=O) groups excluding carboxylic acids is 2. The van der Waals surface area contributed by atoms with Crippen molar-refractivity contribution in [2.24, 2.45) is 0 Å². The van der Waals surface area contributed by atoms with E-state index in [1.165, 1.54) is 24.3 Å². The van der Waals surface area contributed by atoms with Gasteiger partial charge in [0.15, 0.2) is 0 Å². The van der Waals surface area contributed by atoms with Gasteiger partial charge in [0, 0.05) is 5.69 Å². The minimum Gasteiger partial charge on any atom is -0.494 e. The summed E-state index contributed by atoms with van der Waals surface area (Å²) in [6.45, 7) is 4.30. The van der Waals surface area contributed by atoms with Crippen LogP contribution in [0.15, 0.2) is 78.5 Å². The molecule has 3 aromatic rings. The molecule has 0 aromatic heterocycles. The van der Waals surface area contributed by atoms with Crippen LogP contribution in [0.25, 0.3) is 5.57 Å². The van der Waals surface area contributed by atoms with E-state index >= 15 is 0 Å². The van der Waals surface area contributed by atoms with E-state index in [9.17, 15) is 14.0 Å². The molecule has 0 saturated heterocycles. The Morgan fingerprint density at radius 2 is 1.58 bits per heavy atom. The maximum absolute atomic E-state index is 13.5. The first kappa shape index (κ1) is 20.3. The van der Waals surface area contributed by atoms with Crippen LogP contribution in [0.3, 0.4) is 0 Å². The average molecular weight is 416 g/mol. The largest absolute Gasteiger partial charge is 0.494 e. The van der Waals surface area contributed by atoms with Gasteiger partial charge in [-0.15, -0.1) is 0 Å². The summed E-state index contributed by atoms with van der Waals surface area (Å²) in [5.41, 5.74) is 2.88. The third-order valence-electron chi connectivity index (χ3n) is 5.03. The van der Waals surface area contributed by atoms with Gasteiger partial charge in [-0.05, 0) is 67.4 Å². The first-order valence-electron chi connectivity index (χ1n) is 9.94. The molecule has 1 aliphatic heterocycles. The topological polar surface area (TPSA) is 58.6 Å². The van der Waals surface area contributed by atoms with Crippen LogP contribution in [-0.4, -0.2) is 18.4 Å². The zero-order chi connectivity index (χ0) is 22.0. The second-order valence-electron chi connectivity index (χ2n) is 7.07. The number of hydrogen-bond acceptors (Lipinski definition) is 4. The molecule has 0 bridgehead atoms. The lowest BCUT2D eigenvalue weighted by Crippen LogP contribution is -2.32. The Morgan fingerprint density at radius 1 is 0.903 bits per heavy atom. The number of nitrogens with zero attached hydrogens (tertiary/aromatic N) is 1. The molecule has 0 radical (unpaired) electrons. The Hall–Kier alpha value is -3.93. The van der Waals surface area contributed by atoms with Gasteiger partial charge in [0.05, 0.1) is 17.9 Å². The number of imide groups is 1. The van der Waals surface area contributed by atoms with Crippen LogP contribution in [0.5, 0.6) is 5.75 Å². The predicted octanol–water partition coefficient (Wildman–Crippen LogP) is 4.93. The third kappa shape index (κ3) is 3.92. The van der Waals surface area contributed by atoms with E-state index in [4.69, 9.17) is 4.74 Å². The molecule has 0 spiro atoms. The van der Waals surface area contributed by atoms with Gasteiger partial charge in [-0.2, -0.15) is 0 Å². The SMILES string of the molecule is CCOc1ccc(N2C(=O)C(Nc3ccccc3C)=C(c3ccc(F)cc3)C2=O)cc1. The lowest BCUT2D eigenvalue weighted by molar-refractivity contribution is -0.120. The summed E-state index contributed by atoms with van der Waals surface area (Å²) in [4.78, 5) is 27.9. The van der Waals surface area contributed by atoms with Gasteiger partial charge in [-0.3, -0.25) is 9.59 Å². The maximum atomic E-state index is 13.5. The van der Waals surface area contributed by atoms with Gasteiger partial charge in [0.25, 0.3) is 11.8 Å². The zero-order valence-corrected chi connectivity index (χ0v) is 17.2. The molecule has 5 nitrogen and oxygen atoms in total. The van der Waals surface area contributed by atoms with E-state index < -0.39 is 17.6 Å². The molecule has 0 fully saturated rings. The fourth-order valence-corrected chi connectivity index (χ4v) is 3.47. The third-order valence-corrected chi connectivity index (χ3v) is 5.03. The Kier molecular flexibility index (Phi) is 5.54. The maximum Gasteiger partial charge on any atom is 0.282 e. The monoisotopic (exact) mass is 416 g/mol. The van der Waals surface area contributed by atoms with Crippen LogP contribution in [0, 0.1) is 12.7 Å². The van der Waals surface area contributed by atoms with E-state index in [0.717, 1.165) is 10.5 Å². The van der Waals surface area contributed by atoms with Crippen LogP contribution in [0.1, 0.15) is 18.1 Å². The molecule has 1 aliphatic rings. The van der Waals surface area contributed by atoms with E-state index in [2.05, 4.69) is 5.32 Å². The Labute approximate surface area is 179 Å². The summed E-state index contributed by atoms with van der Waals surface area (Å²) < 4.78 is 18.9. The van der Waals surface area contributed by atoms with Crippen molar-refractivity contribution >= 4 is 28.8 Å². The summed E-state index contributed by atoms with van der Waals surface area (Å²) >= 11 is 0. The predicted molar refractivity (Wildman–Crippen MR) is 118 cm³/mol. The molecule has 6 heteroatoms. The van der Waals surface area contributed by atoms with E-state index in [1.807, 2.05) is 38.1 Å². The Bertz CT molecular complexity index is 1170. The average Bonchev–Trinajstić information content (AvgIpc) is 3.01. The Balaban J connectivity index is 1.78. The molecular formula is C25H21FN2O3. The van der Waals surface area contributed by atoms with Crippen molar-refractivity contribution in [3.63, 3.8) is 0 Å². The number of ether oxygens (including phenoxy) is 1. The molecular weight excluding hydrogens is 395 g/mol. The summed E-state index contributed by atoms with van der Waals surface area (Å²) in [5.74, 6) is -0.721. The first-order valence-corrected chi connectivity index (χ1v) is 9.94. The van der Waals surface area contributed by atoms with Crippen LogP contribution < -0.4 is 15.0 Å². The van der Waals surface area contributed by atoms with Crippen LogP contribution in [-0.2, 0) is 9.59 Å². The highest BCUT2D eigenvalue weighted by Crippen LogP contribution is 2.34. The van der Waals surface area contributed by atoms with Crippen molar-refractivity contribution < 1.29 is 18.7 Å². The molecule has 1 heterocycles. The number of carbonyl (C=O) groups is 2. The summed E-state index contributed by atoms with van der Waals surface area (Å²) in [6.07, 6.45) is 0. The Morgan fingerprint density at radius 3 is 2.23 bits per heavy atom. The van der Waals surface area contributed by atoms with E-state index in [1.54, 1.807) is 24.3 Å².